The predicted molar refractivity (Wildman–Crippen MR) is 124 cm³/mol. The van der Waals surface area contributed by atoms with E-state index in [0.717, 1.165) is 5.56 Å². The Labute approximate surface area is 192 Å². The van der Waals surface area contributed by atoms with Crippen LogP contribution in [0.4, 0.5) is 5.69 Å². The summed E-state index contributed by atoms with van der Waals surface area (Å²) >= 11 is 5.82. The van der Waals surface area contributed by atoms with Crippen molar-refractivity contribution >= 4 is 39.1 Å². The summed E-state index contributed by atoms with van der Waals surface area (Å²) in [5.41, 5.74) is 6.00. The van der Waals surface area contributed by atoms with Crippen LogP contribution in [0, 0.1) is 0 Å². The molecule has 0 radical (unpaired) electrons. The molecule has 32 heavy (non-hydrogen) atoms. The fourth-order valence-corrected chi connectivity index (χ4v) is 4.69. The summed E-state index contributed by atoms with van der Waals surface area (Å²) in [6.45, 7) is 1.96. The number of para-hydroxylation sites is 1. The van der Waals surface area contributed by atoms with Gasteiger partial charge in [-0.1, -0.05) is 48.0 Å². The number of benzene rings is 3. The topological polar surface area (TPSA) is 95.6 Å². The number of nitrogens with zero attached hydrogens (tertiary/aromatic N) is 1. The van der Waals surface area contributed by atoms with E-state index in [1.807, 2.05) is 0 Å². The fourth-order valence-electron chi connectivity index (χ4n) is 3.04. The van der Waals surface area contributed by atoms with Gasteiger partial charge in [-0.2, -0.15) is 0 Å². The first-order valence-corrected chi connectivity index (χ1v) is 11.6. The summed E-state index contributed by atoms with van der Waals surface area (Å²) in [4.78, 5) is 24.5. The molecule has 3 rings (SSSR count). The minimum absolute atomic E-state index is 0.0247. The molecule has 0 saturated carbocycles. The van der Waals surface area contributed by atoms with Crippen LogP contribution in [-0.2, 0) is 21.2 Å². The van der Waals surface area contributed by atoms with E-state index in [-0.39, 0.29) is 23.4 Å². The van der Waals surface area contributed by atoms with Crippen molar-refractivity contribution in [2.45, 2.75) is 18.2 Å². The van der Waals surface area contributed by atoms with Crippen LogP contribution in [0.2, 0.25) is 5.02 Å². The molecule has 2 amide bonds. The maximum atomic E-state index is 13.1. The Hall–Kier alpha value is -3.36. The molecule has 166 valence electrons. The van der Waals surface area contributed by atoms with Crippen molar-refractivity contribution in [3.05, 3.63) is 95.0 Å². The molecule has 3 aromatic rings. The van der Waals surface area contributed by atoms with Crippen LogP contribution in [0.25, 0.3) is 0 Å². The molecule has 0 aliphatic carbocycles. The van der Waals surface area contributed by atoms with Crippen molar-refractivity contribution in [3.8, 4) is 0 Å². The molecule has 7 nitrogen and oxygen atoms in total. The van der Waals surface area contributed by atoms with Gasteiger partial charge in [0.05, 0.1) is 17.0 Å². The van der Waals surface area contributed by atoms with Crippen LogP contribution in [0.5, 0.6) is 0 Å². The van der Waals surface area contributed by atoms with Crippen molar-refractivity contribution in [2.24, 2.45) is 0 Å². The van der Waals surface area contributed by atoms with Crippen LogP contribution in [-0.4, -0.2) is 26.8 Å². The first-order chi connectivity index (χ1) is 15.3. The molecular weight excluding hydrogens is 450 g/mol. The smallest absolute Gasteiger partial charge is 0.269 e. The highest BCUT2D eigenvalue weighted by Gasteiger charge is 2.24. The molecule has 0 unspecified atom stereocenters. The minimum atomic E-state index is -3.88. The van der Waals surface area contributed by atoms with E-state index >= 15 is 0 Å². The Morgan fingerprint density at radius 1 is 0.906 bits per heavy atom. The zero-order chi connectivity index (χ0) is 23.1. The standard InChI is InChI=1S/C23H22ClN3O4S/c1-2-27(20-8-4-3-5-9-20)32(30,31)21-10-6-7-18(16-21)23(29)26-25-22(28)15-17-11-13-19(24)14-12-17/h3-14,16H,2,15H2,1H3,(H,25,28)(H,26,29). The molecule has 0 heterocycles. The second-order valence-corrected chi connectivity index (χ2v) is 9.14. The lowest BCUT2D eigenvalue weighted by Gasteiger charge is -2.23. The maximum Gasteiger partial charge on any atom is 0.269 e. The van der Waals surface area contributed by atoms with Gasteiger partial charge in [-0.3, -0.25) is 24.7 Å². The zero-order valence-corrected chi connectivity index (χ0v) is 18.9. The van der Waals surface area contributed by atoms with Gasteiger partial charge in [-0.15, -0.1) is 0 Å². The highest BCUT2D eigenvalue weighted by molar-refractivity contribution is 7.92. The summed E-state index contributed by atoms with van der Waals surface area (Å²) in [6, 6.07) is 21.1. The molecule has 0 bridgehead atoms. The van der Waals surface area contributed by atoms with Gasteiger partial charge in [0.25, 0.3) is 15.9 Å². The second kappa shape index (κ2) is 10.3. The fraction of sp³-hybridized carbons (Fsp3) is 0.130. The number of nitrogens with one attached hydrogen (secondary N) is 2. The van der Waals surface area contributed by atoms with Crippen LogP contribution in [0.1, 0.15) is 22.8 Å². The van der Waals surface area contributed by atoms with Crippen molar-refractivity contribution in [2.75, 3.05) is 10.8 Å². The van der Waals surface area contributed by atoms with Crippen LogP contribution in [0.3, 0.4) is 0 Å². The average Bonchev–Trinajstić information content (AvgIpc) is 2.80. The lowest BCUT2D eigenvalue weighted by atomic mass is 10.1. The van der Waals surface area contributed by atoms with Gasteiger partial charge in [0.15, 0.2) is 0 Å². The highest BCUT2D eigenvalue weighted by atomic mass is 35.5. The first kappa shape index (κ1) is 23.3. The summed E-state index contributed by atoms with van der Waals surface area (Å²) < 4.78 is 27.6. The molecule has 0 atom stereocenters. The van der Waals surface area contributed by atoms with E-state index in [1.54, 1.807) is 61.5 Å². The van der Waals surface area contributed by atoms with Gasteiger partial charge < -0.3 is 0 Å². The number of hydrazine groups is 1. The normalized spacial score (nSPS) is 10.9. The number of halogens is 1. The molecular formula is C23H22ClN3O4S. The van der Waals surface area contributed by atoms with E-state index in [2.05, 4.69) is 10.9 Å². The Bertz CT molecular complexity index is 1200. The molecule has 0 fully saturated rings. The minimum Gasteiger partial charge on any atom is -0.273 e. The number of amides is 2. The van der Waals surface area contributed by atoms with E-state index in [1.165, 1.54) is 28.6 Å². The van der Waals surface area contributed by atoms with Gasteiger partial charge in [0.1, 0.15) is 0 Å². The molecule has 0 aliphatic heterocycles. The summed E-state index contributed by atoms with van der Waals surface area (Å²) in [6.07, 6.45) is 0.0500. The van der Waals surface area contributed by atoms with Gasteiger partial charge in [0, 0.05) is 17.1 Å². The van der Waals surface area contributed by atoms with Crippen molar-refractivity contribution in [1.29, 1.82) is 0 Å². The number of carbonyl (C=O) groups excluding carboxylic acids is 2. The number of hydrogen-bond donors (Lipinski definition) is 2. The van der Waals surface area contributed by atoms with Crippen molar-refractivity contribution in [1.82, 2.24) is 10.9 Å². The quantitative estimate of drug-likeness (QED) is 0.515. The Kier molecular flexibility index (Phi) is 7.50. The van der Waals surface area contributed by atoms with Gasteiger partial charge in [-0.05, 0) is 55.0 Å². The van der Waals surface area contributed by atoms with Crippen LogP contribution >= 0.6 is 11.6 Å². The Morgan fingerprint density at radius 3 is 2.25 bits per heavy atom. The molecule has 0 aliphatic rings. The van der Waals surface area contributed by atoms with Crippen LogP contribution < -0.4 is 15.2 Å². The van der Waals surface area contributed by atoms with Crippen molar-refractivity contribution < 1.29 is 18.0 Å². The number of rotatable bonds is 7. The van der Waals surface area contributed by atoms with Gasteiger partial charge >= 0.3 is 0 Å². The summed E-state index contributed by atoms with van der Waals surface area (Å²) in [7, 11) is -3.88. The third kappa shape index (κ3) is 5.66. The third-order valence-corrected chi connectivity index (χ3v) is 6.76. The number of sulfonamides is 1. The van der Waals surface area contributed by atoms with E-state index in [4.69, 9.17) is 11.6 Å². The lowest BCUT2D eigenvalue weighted by Crippen LogP contribution is -2.42. The largest absolute Gasteiger partial charge is 0.273 e. The number of anilines is 1. The van der Waals surface area contributed by atoms with E-state index < -0.39 is 21.8 Å². The highest BCUT2D eigenvalue weighted by Crippen LogP contribution is 2.23. The number of carbonyl (C=O) groups is 2. The van der Waals surface area contributed by atoms with Gasteiger partial charge in [0.2, 0.25) is 5.91 Å². The average molecular weight is 472 g/mol. The molecule has 3 aromatic carbocycles. The monoisotopic (exact) mass is 471 g/mol. The van der Waals surface area contributed by atoms with E-state index in [0.29, 0.717) is 10.7 Å². The lowest BCUT2D eigenvalue weighted by molar-refractivity contribution is -0.121. The SMILES string of the molecule is CCN(c1ccccc1)S(=O)(=O)c1cccc(C(=O)NNC(=O)Cc2ccc(Cl)cc2)c1. The molecule has 9 heteroatoms. The third-order valence-electron chi connectivity index (χ3n) is 4.61. The zero-order valence-electron chi connectivity index (χ0n) is 17.3. The van der Waals surface area contributed by atoms with Gasteiger partial charge in [-0.25, -0.2) is 8.42 Å². The first-order valence-electron chi connectivity index (χ1n) is 9.82. The number of hydrogen-bond acceptors (Lipinski definition) is 4. The van der Waals surface area contributed by atoms with Crippen molar-refractivity contribution in [3.63, 3.8) is 0 Å². The Morgan fingerprint density at radius 2 is 1.59 bits per heavy atom. The Balaban J connectivity index is 1.70. The van der Waals surface area contributed by atoms with Crippen LogP contribution in [0.15, 0.2) is 83.8 Å². The predicted octanol–water partition coefficient (Wildman–Crippen LogP) is 3.56. The molecule has 0 aromatic heterocycles. The summed E-state index contributed by atoms with van der Waals surface area (Å²) in [5.74, 6) is -1.06. The summed E-state index contributed by atoms with van der Waals surface area (Å²) in [5, 5.41) is 0.561. The molecule has 0 saturated heterocycles. The second-order valence-electron chi connectivity index (χ2n) is 6.84. The molecule has 0 spiro atoms. The maximum absolute atomic E-state index is 13.1. The molecule has 2 N–H and O–H groups in total. The van der Waals surface area contributed by atoms with E-state index in [9.17, 15) is 18.0 Å².